The second-order valence-corrected chi connectivity index (χ2v) is 5.46. The molecule has 0 aromatic carbocycles. The molecule has 0 saturated carbocycles. The Morgan fingerprint density at radius 3 is 2.59 bits per heavy atom. The number of carbonyl (C=O) groups excluding carboxylic acids is 2. The molecule has 0 aromatic heterocycles. The molecule has 98 valence electrons. The predicted molar refractivity (Wildman–Crippen MR) is 67.5 cm³/mol. The van der Waals surface area contributed by atoms with E-state index < -0.39 is 0 Å². The molecule has 1 heterocycles. The van der Waals surface area contributed by atoms with Gasteiger partial charge in [-0.2, -0.15) is 0 Å². The number of amides is 2. The number of nitrogens with zero attached hydrogens (tertiary/aromatic N) is 1. The summed E-state index contributed by atoms with van der Waals surface area (Å²) in [7, 11) is 0. The van der Waals surface area contributed by atoms with Gasteiger partial charge < -0.3 is 10.2 Å². The van der Waals surface area contributed by atoms with Gasteiger partial charge in [-0.15, -0.1) is 0 Å². The Hall–Kier alpha value is -1.06. The quantitative estimate of drug-likeness (QED) is 0.792. The Bertz CT molecular complexity index is 300. The zero-order valence-corrected chi connectivity index (χ0v) is 11.4. The highest BCUT2D eigenvalue weighted by molar-refractivity contribution is 5.89. The summed E-state index contributed by atoms with van der Waals surface area (Å²) in [6.07, 6.45) is 2.36. The number of rotatable bonds is 5. The molecule has 1 atom stereocenters. The molecule has 0 unspecified atom stereocenters. The maximum absolute atomic E-state index is 12.1. The van der Waals surface area contributed by atoms with Crippen LogP contribution in [-0.2, 0) is 9.59 Å². The first kappa shape index (κ1) is 14.0. The normalized spacial score (nSPS) is 20.8. The van der Waals surface area contributed by atoms with Crippen LogP contribution in [0.15, 0.2) is 0 Å². The van der Waals surface area contributed by atoms with E-state index in [0.717, 1.165) is 12.8 Å². The van der Waals surface area contributed by atoms with Crippen molar-refractivity contribution in [3.8, 4) is 0 Å². The Morgan fingerprint density at radius 1 is 1.47 bits per heavy atom. The largest absolute Gasteiger partial charge is 0.351 e. The molecular weight excluding hydrogens is 216 g/mol. The number of nitrogens with one attached hydrogen (secondary N) is 1. The maximum atomic E-state index is 12.1. The van der Waals surface area contributed by atoms with Gasteiger partial charge in [-0.3, -0.25) is 9.59 Å². The second-order valence-electron chi connectivity index (χ2n) is 5.46. The van der Waals surface area contributed by atoms with E-state index in [1.807, 2.05) is 20.8 Å². The van der Waals surface area contributed by atoms with E-state index in [2.05, 4.69) is 12.2 Å². The monoisotopic (exact) mass is 240 g/mol. The van der Waals surface area contributed by atoms with Crippen LogP contribution < -0.4 is 5.32 Å². The van der Waals surface area contributed by atoms with Crippen molar-refractivity contribution in [1.29, 1.82) is 0 Å². The van der Waals surface area contributed by atoms with Crippen molar-refractivity contribution < 1.29 is 9.59 Å². The first-order chi connectivity index (χ1) is 7.89. The highest BCUT2D eigenvalue weighted by atomic mass is 16.2. The fourth-order valence-electron chi connectivity index (χ4n) is 2.38. The molecule has 0 radical (unpaired) electrons. The average molecular weight is 240 g/mol. The van der Waals surface area contributed by atoms with E-state index in [1.54, 1.807) is 4.90 Å². The van der Waals surface area contributed by atoms with Gasteiger partial charge in [0.1, 0.15) is 0 Å². The minimum Gasteiger partial charge on any atom is -0.351 e. The molecule has 17 heavy (non-hydrogen) atoms. The topological polar surface area (TPSA) is 49.4 Å². The fraction of sp³-hybridized carbons (Fsp3) is 0.846. The van der Waals surface area contributed by atoms with Crippen LogP contribution in [0.3, 0.4) is 0 Å². The minimum absolute atomic E-state index is 0.0211. The zero-order chi connectivity index (χ0) is 13.1. The molecule has 0 bridgehead atoms. The predicted octanol–water partition coefficient (Wildman–Crippen LogP) is 1.55. The van der Waals surface area contributed by atoms with Crippen molar-refractivity contribution in [2.75, 3.05) is 13.1 Å². The van der Waals surface area contributed by atoms with Crippen molar-refractivity contribution in [2.45, 2.75) is 52.5 Å². The van der Waals surface area contributed by atoms with Crippen LogP contribution in [-0.4, -0.2) is 35.3 Å². The van der Waals surface area contributed by atoms with E-state index in [1.165, 1.54) is 0 Å². The molecule has 4 heteroatoms. The lowest BCUT2D eigenvalue weighted by molar-refractivity contribution is -0.129. The van der Waals surface area contributed by atoms with Crippen LogP contribution in [0, 0.1) is 5.92 Å². The standard InChI is InChI=1S/C13H24N2O2/c1-5-7-13(3,4)14-12(17)10-8-11(16)15(6-2)9-10/h10H,5-9H2,1-4H3,(H,14,17)/t10-/m0/s1. The Kier molecular flexibility index (Phi) is 4.54. The zero-order valence-electron chi connectivity index (χ0n) is 11.4. The van der Waals surface area contributed by atoms with Crippen molar-refractivity contribution in [3.63, 3.8) is 0 Å². The van der Waals surface area contributed by atoms with E-state index in [4.69, 9.17) is 0 Å². The minimum atomic E-state index is -0.172. The van der Waals surface area contributed by atoms with Crippen molar-refractivity contribution in [1.82, 2.24) is 10.2 Å². The molecule has 1 aliphatic rings. The van der Waals surface area contributed by atoms with Gasteiger partial charge in [0.2, 0.25) is 11.8 Å². The van der Waals surface area contributed by atoms with Crippen LogP contribution in [0.1, 0.15) is 47.0 Å². The van der Waals surface area contributed by atoms with Crippen molar-refractivity contribution in [3.05, 3.63) is 0 Å². The smallest absolute Gasteiger partial charge is 0.225 e. The molecule has 0 aliphatic carbocycles. The Balaban J connectivity index is 2.52. The summed E-state index contributed by atoms with van der Waals surface area (Å²) in [5.41, 5.74) is -0.172. The third kappa shape index (κ3) is 3.72. The molecule has 2 amide bonds. The van der Waals surface area contributed by atoms with Crippen LogP contribution in [0.25, 0.3) is 0 Å². The van der Waals surface area contributed by atoms with Gasteiger partial charge >= 0.3 is 0 Å². The van der Waals surface area contributed by atoms with Gasteiger partial charge in [-0.1, -0.05) is 13.3 Å². The van der Waals surface area contributed by atoms with E-state index >= 15 is 0 Å². The summed E-state index contributed by atoms with van der Waals surface area (Å²) >= 11 is 0. The highest BCUT2D eigenvalue weighted by Crippen LogP contribution is 2.19. The van der Waals surface area contributed by atoms with Crippen LogP contribution in [0.5, 0.6) is 0 Å². The van der Waals surface area contributed by atoms with Crippen molar-refractivity contribution in [2.24, 2.45) is 5.92 Å². The molecule has 1 rings (SSSR count). The van der Waals surface area contributed by atoms with Crippen LogP contribution in [0.4, 0.5) is 0 Å². The van der Waals surface area contributed by atoms with Crippen LogP contribution in [0.2, 0.25) is 0 Å². The van der Waals surface area contributed by atoms with Gasteiger partial charge in [0.15, 0.2) is 0 Å². The number of hydrogen-bond donors (Lipinski definition) is 1. The van der Waals surface area contributed by atoms with Crippen LogP contribution >= 0.6 is 0 Å². The van der Waals surface area contributed by atoms with E-state index in [9.17, 15) is 9.59 Å². The van der Waals surface area contributed by atoms with E-state index in [0.29, 0.717) is 19.5 Å². The summed E-state index contributed by atoms with van der Waals surface area (Å²) in [6.45, 7) is 9.38. The summed E-state index contributed by atoms with van der Waals surface area (Å²) in [6, 6.07) is 0. The van der Waals surface area contributed by atoms with Gasteiger partial charge in [0, 0.05) is 25.0 Å². The van der Waals surface area contributed by atoms with Gasteiger partial charge in [0.25, 0.3) is 0 Å². The summed E-state index contributed by atoms with van der Waals surface area (Å²) in [4.78, 5) is 25.4. The van der Waals surface area contributed by atoms with Crippen molar-refractivity contribution >= 4 is 11.8 Å². The highest BCUT2D eigenvalue weighted by Gasteiger charge is 2.35. The number of likely N-dealkylation sites (tertiary alicyclic amines) is 1. The SMILES string of the molecule is CCCC(C)(C)NC(=O)[C@H]1CC(=O)N(CC)C1. The summed E-state index contributed by atoms with van der Waals surface area (Å²) in [5.74, 6) is -0.0488. The van der Waals surface area contributed by atoms with E-state index in [-0.39, 0.29) is 23.3 Å². The molecule has 1 saturated heterocycles. The number of hydrogen-bond acceptors (Lipinski definition) is 2. The lowest BCUT2D eigenvalue weighted by Gasteiger charge is -2.27. The molecule has 1 N–H and O–H groups in total. The first-order valence-corrected chi connectivity index (χ1v) is 6.49. The second kappa shape index (κ2) is 5.52. The molecule has 1 aliphatic heterocycles. The third-order valence-corrected chi connectivity index (χ3v) is 3.30. The van der Waals surface area contributed by atoms with Gasteiger partial charge in [-0.05, 0) is 27.2 Å². The lowest BCUT2D eigenvalue weighted by Crippen LogP contribution is -2.46. The number of carbonyl (C=O) groups is 2. The van der Waals surface area contributed by atoms with Gasteiger partial charge in [0.05, 0.1) is 5.92 Å². The summed E-state index contributed by atoms with van der Waals surface area (Å²) < 4.78 is 0. The Morgan fingerprint density at radius 2 is 2.12 bits per heavy atom. The van der Waals surface area contributed by atoms with Gasteiger partial charge in [-0.25, -0.2) is 0 Å². The Labute approximate surface area is 104 Å². The third-order valence-electron chi connectivity index (χ3n) is 3.30. The molecule has 1 fully saturated rings. The summed E-state index contributed by atoms with van der Waals surface area (Å²) in [5, 5.41) is 3.05. The first-order valence-electron chi connectivity index (χ1n) is 6.49. The lowest BCUT2D eigenvalue weighted by atomic mass is 9.97. The fourth-order valence-corrected chi connectivity index (χ4v) is 2.38. The maximum Gasteiger partial charge on any atom is 0.225 e. The molecule has 0 aromatic rings. The average Bonchev–Trinajstić information content (AvgIpc) is 2.58. The molecular formula is C13H24N2O2. The molecule has 0 spiro atoms. The molecule has 4 nitrogen and oxygen atoms in total.